The second kappa shape index (κ2) is 8.57. The Hall–Kier alpha value is -4.09. The van der Waals surface area contributed by atoms with E-state index in [1.165, 1.54) is 0 Å². The van der Waals surface area contributed by atoms with Crippen LogP contribution in [0.25, 0.3) is 34.1 Å². The van der Waals surface area contributed by atoms with Crippen LogP contribution in [0, 0.1) is 12.3 Å². The van der Waals surface area contributed by atoms with Crippen molar-refractivity contribution in [2.24, 2.45) is 5.41 Å². The molecule has 0 bridgehead atoms. The Labute approximate surface area is 186 Å². The summed E-state index contributed by atoms with van der Waals surface area (Å²) in [6.07, 6.45) is 3.49. The van der Waals surface area contributed by atoms with E-state index in [9.17, 15) is 5.11 Å². The van der Waals surface area contributed by atoms with Crippen LogP contribution in [0.1, 0.15) is 19.5 Å². The zero-order chi connectivity index (χ0) is 22.7. The first kappa shape index (κ1) is 21.2. The van der Waals surface area contributed by atoms with Gasteiger partial charge < -0.3 is 19.4 Å². The number of H-pyrrole nitrogens is 1. The van der Waals surface area contributed by atoms with E-state index in [4.69, 9.17) is 9.26 Å². The largest absolute Gasteiger partial charge is 0.504 e. The maximum Gasteiger partial charge on any atom is 0.184 e. The molecule has 1 aromatic carbocycles. The number of ether oxygens (including phenoxy) is 1. The van der Waals surface area contributed by atoms with Crippen LogP contribution < -0.4 is 4.74 Å². The third-order valence-corrected chi connectivity index (χ3v) is 5.06. The van der Waals surface area contributed by atoms with Crippen molar-refractivity contribution in [3.63, 3.8) is 0 Å². The number of aromatic nitrogens is 4. The minimum Gasteiger partial charge on any atom is -0.504 e. The fourth-order valence-electron chi connectivity index (χ4n) is 3.08. The van der Waals surface area contributed by atoms with E-state index in [2.05, 4.69) is 32.4 Å². The van der Waals surface area contributed by atoms with Gasteiger partial charge in [0.25, 0.3) is 0 Å². The van der Waals surface area contributed by atoms with Crippen LogP contribution >= 0.6 is 0 Å². The van der Waals surface area contributed by atoms with Gasteiger partial charge in [0.05, 0.1) is 23.0 Å². The van der Waals surface area contributed by atoms with Crippen molar-refractivity contribution in [1.82, 2.24) is 20.1 Å². The Balaban J connectivity index is 1.44. The predicted octanol–water partition coefficient (Wildman–Crippen LogP) is 5.73. The van der Waals surface area contributed by atoms with Gasteiger partial charge in [-0.2, -0.15) is 0 Å². The molecule has 0 fully saturated rings. The first-order valence-corrected chi connectivity index (χ1v) is 10.1. The molecular formula is C25H24N4O3. The fourth-order valence-corrected chi connectivity index (χ4v) is 3.08. The van der Waals surface area contributed by atoms with Gasteiger partial charge in [-0.05, 0) is 57.2 Å². The second-order valence-electron chi connectivity index (χ2n) is 8.13. The summed E-state index contributed by atoms with van der Waals surface area (Å²) >= 11 is 0. The fraction of sp³-hybridized carbons (Fsp3) is 0.200. The molecule has 4 rings (SSSR count). The Kier molecular flexibility index (Phi) is 5.67. The molecule has 0 amide bonds. The monoisotopic (exact) mass is 428 g/mol. The Morgan fingerprint density at radius 3 is 2.50 bits per heavy atom. The number of nitrogens with zero attached hydrogens (tertiary/aromatic N) is 3. The third-order valence-electron chi connectivity index (χ3n) is 5.06. The van der Waals surface area contributed by atoms with Gasteiger partial charge in [0, 0.05) is 23.4 Å². The zero-order valence-electron chi connectivity index (χ0n) is 18.2. The summed E-state index contributed by atoms with van der Waals surface area (Å²) in [7, 11) is 0. The molecule has 2 N–H and O–H groups in total. The van der Waals surface area contributed by atoms with E-state index in [0.717, 1.165) is 28.2 Å². The summed E-state index contributed by atoms with van der Waals surface area (Å²) < 4.78 is 11.1. The summed E-state index contributed by atoms with van der Waals surface area (Å²) in [6.45, 7) is 9.41. The summed E-state index contributed by atoms with van der Waals surface area (Å²) in [5.41, 5.74) is 6.21. The predicted molar refractivity (Wildman–Crippen MR) is 122 cm³/mol. The van der Waals surface area contributed by atoms with Crippen molar-refractivity contribution >= 4 is 0 Å². The molecule has 0 unspecified atom stereocenters. The maximum absolute atomic E-state index is 9.86. The molecule has 7 nitrogen and oxygen atoms in total. The lowest BCUT2D eigenvalue weighted by atomic mass is 9.92. The van der Waals surface area contributed by atoms with Crippen LogP contribution in [0.3, 0.4) is 0 Å². The third kappa shape index (κ3) is 4.48. The number of pyridine rings is 1. The number of rotatable bonds is 7. The highest BCUT2D eigenvalue weighted by Gasteiger charge is 2.24. The molecule has 4 aromatic rings. The molecule has 0 atom stereocenters. The molecular weight excluding hydrogens is 404 g/mol. The van der Waals surface area contributed by atoms with Gasteiger partial charge in [0.1, 0.15) is 29.6 Å². The molecule has 0 aliphatic carbocycles. The highest BCUT2D eigenvalue weighted by molar-refractivity contribution is 5.65. The van der Waals surface area contributed by atoms with Crippen LogP contribution in [-0.4, -0.2) is 31.8 Å². The van der Waals surface area contributed by atoms with Gasteiger partial charge in [-0.3, -0.25) is 4.98 Å². The lowest BCUT2D eigenvalue weighted by molar-refractivity contribution is 0.159. The number of aromatic amines is 1. The second-order valence-corrected chi connectivity index (χ2v) is 8.13. The number of nitrogens with one attached hydrogen (secondary N) is 1. The number of aliphatic hydroxyl groups excluding tert-OH is 1. The topological polar surface area (TPSA) is 97.1 Å². The van der Waals surface area contributed by atoms with E-state index in [1.807, 2.05) is 63.2 Å². The highest BCUT2D eigenvalue weighted by atomic mass is 16.5. The lowest BCUT2D eigenvalue weighted by Crippen LogP contribution is -2.23. The molecule has 0 saturated heterocycles. The standard InChI is InChI=1S/C25H24N4O3/c1-5-23(30)25(3,4)15-31-19-9-6-17(7-10-19)20-11-8-18(13-26-20)24-27-14-21(28-24)22-12-16(2)29-32-22/h6-14,30H,1,15H2,2-4H3,(H,27,28). The van der Waals surface area contributed by atoms with Crippen molar-refractivity contribution in [1.29, 1.82) is 0 Å². The number of hydrogen-bond donors (Lipinski definition) is 2. The van der Waals surface area contributed by atoms with Crippen molar-refractivity contribution < 1.29 is 14.4 Å². The Morgan fingerprint density at radius 1 is 1.12 bits per heavy atom. The van der Waals surface area contributed by atoms with Crippen LogP contribution in [0.5, 0.6) is 5.75 Å². The number of aryl methyl sites for hydroxylation is 1. The molecule has 7 heteroatoms. The lowest BCUT2D eigenvalue weighted by Gasteiger charge is -2.22. The van der Waals surface area contributed by atoms with Crippen LogP contribution in [0.4, 0.5) is 0 Å². The van der Waals surface area contributed by atoms with E-state index < -0.39 is 5.41 Å². The number of aliphatic hydroxyl groups is 1. The minimum atomic E-state index is -0.560. The van der Waals surface area contributed by atoms with Crippen molar-refractivity contribution in [2.75, 3.05) is 6.61 Å². The van der Waals surface area contributed by atoms with Gasteiger partial charge in [-0.25, -0.2) is 4.98 Å². The molecule has 0 spiro atoms. The normalized spacial score (nSPS) is 11.2. The molecule has 0 radical (unpaired) electrons. The van der Waals surface area contributed by atoms with Crippen molar-refractivity contribution in [2.45, 2.75) is 20.8 Å². The van der Waals surface area contributed by atoms with Gasteiger partial charge in [-0.15, -0.1) is 0 Å². The summed E-state index contributed by atoms with van der Waals surface area (Å²) in [5, 5.41) is 13.8. The molecule has 3 aromatic heterocycles. The first-order chi connectivity index (χ1) is 15.4. The average Bonchev–Trinajstić information content (AvgIpc) is 3.47. The molecule has 3 heterocycles. The van der Waals surface area contributed by atoms with E-state index in [-0.39, 0.29) is 5.76 Å². The van der Waals surface area contributed by atoms with Gasteiger partial charge in [0.15, 0.2) is 5.76 Å². The van der Waals surface area contributed by atoms with E-state index in [0.29, 0.717) is 23.9 Å². The van der Waals surface area contributed by atoms with Gasteiger partial charge >= 0.3 is 0 Å². The number of benzene rings is 1. The van der Waals surface area contributed by atoms with Crippen LogP contribution in [0.15, 0.2) is 77.5 Å². The average molecular weight is 428 g/mol. The summed E-state index contributed by atoms with van der Waals surface area (Å²) in [6, 6.07) is 13.4. The van der Waals surface area contributed by atoms with Crippen LogP contribution in [0.2, 0.25) is 0 Å². The van der Waals surface area contributed by atoms with Gasteiger partial charge in [-0.1, -0.05) is 17.5 Å². The number of hydrogen-bond acceptors (Lipinski definition) is 6. The molecule has 32 heavy (non-hydrogen) atoms. The molecule has 0 saturated carbocycles. The zero-order valence-corrected chi connectivity index (χ0v) is 18.2. The first-order valence-electron chi connectivity index (χ1n) is 10.1. The Bertz CT molecular complexity index is 1260. The highest BCUT2D eigenvalue weighted by Crippen LogP contribution is 2.27. The molecule has 162 valence electrons. The number of imidazole rings is 1. The van der Waals surface area contributed by atoms with Crippen molar-refractivity contribution in [3.8, 4) is 39.8 Å². The molecule has 0 aliphatic heterocycles. The van der Waals surface area contributed by atoms with Gasteiger partial charge in [0.2, 0.25) is 0 Å². The quantitative estimate of drug-likeness (QED) is 0.288. The maximum atomic E-state index is 9.86. The smallest absolute Gasteiger partial charge is 0.184 e. The van der Waals surface area contributed by atoms with E-state index in [1.54, 1.807) is 12.4 Å². The summed E-state index contributed by atoms with van der Waals surface area (Å²) in [5.74, 6) is 2.14. The van der Waals surface area contributed by atoms with Crippen LogP contribution in [-0.2, 0) is 0 Å². The Morgan fingerprint density at radius 2 is 1.88 bits per heavy atom. The SMILES string of the molecule is C=C=C(O)C(C)(C)COc1ccc(-c2ccc(-c3ncc(-c4cc(C)no4)[nH]3)cn2)cc1. The minimum absolute atomic E-state index is 0.0815. The molecule has 0 aliphatic rings. The van der Waals surface area contributed by atoms with Crippen molar-refractivity contribution in [3.05, 3.63) is 78.6 Å². The van der Waals surface area contributed by atoms with E-state index >= 15 is 0 Å². The summed E-state index contributed by atoms with van der Waals surface area (Å²) in [4.78, 5) is 12.2.